The summed E-state index contributed by atoms with van der Waals surface area (Å²) in [5.41, 5.74) is 0.363. The lowest BCUT2D eigenvalue weighted by atomic mass is 9.52. The molecule has 0 unspecified atom stereocenters. The fourth-order valence-corrected chi connectivity index (χ4v) is 2.99. The van der Waals surface area contributed by atoms with Crippen LogP contribution < -0.4 is 0 Å². The topological polar surface area (TPSA) is 37.3 Å². The molecule has 106 valence electrons. The highest BCUT2D eigenvalue weighted by atomic mass is 16.3. The number of aldehydes is 1. The zero-order valence-electron chi connectivity index (χ0n) is 12.9. The molecule has 1 aromatic rings. The first-order valence-corrected chi connectivity index (χ1v) is 6.78. The summed E-state index contributed by atoms with van der Waals surface area (Å²) in [6, 6.07) is 7.14. The van der Waals surface area contributed by atoms with Crippen LogP contribution in [0, 0.1) is 16.2 Å². The SMILES string of the molecule is CC(C)(C)C(C=O)(Cc1ccc(O)cc1)C(C)(C)C. The molecule has 0 heterocycles. The van der Waals surface area contributed by atoms with E-state index in [0.717, 1.165) is 11.8 Å². The molecule has 0 fully saturated rings. The Morgan fingerprint density at radius 3 is 1.68 bits per heavy atom. The van der Waals surface area contributed by atoms with Crippen LogP contribution in [0.1, 0.15) is 47.1 Å². The van der Waals surface area contributed by atoms with Crippen molar-refractivity contribution in [1.82, 2.24) is 0 Å². The van der Waals surface area contributed by atoms with Gasteiger partial charge < -0.3 is 9.90 Å². The van der Waals surface area contributed by atoms with Gasteiger partial charge in [-0.2, -0.15) is 0 Å². The Balaban J connectivity index is 3.26. The Kier molecular flexibility index (Phi) is 4.14. The number of hydrogen-bond donors (Lipinski definition) is 1. The van der Waals surface area contributed by atoms with Gasteiger partial charge in [-0.05, 0) is 34.9 Å². The first-order valence-electron chi connectivity index (χ1n) is 6.78. The second kappa shape index (κ2) is 4.99. The molecule has 0 spiro atoms. The van der Waals surface area contributed by atoms with Gasteiger partial charge in [-0.3, -0.25) is 0 Å². The van der Waals surface area contributed by atoms with E-state index in [1.807, 2.05) is 12.1 Å². The van der Waals surface area contributed by atoms with Gasteiger partial charge in [-0.25, -0.2) is 0 Å². The minimum atomic E-state index is -0.447. The van der Waals surface area contributed by atoms with Gasteiger partial charge in [-0.15, -0.1) is 0 Å². The van der Waals surface area contributed by atoms with Crippen molar-refractivity contribution < 1.29 is 9.90 Å². The number of aromatic hydroxyl groups is 1. The highest BCUT2D eigenvalue weighted by Gasteiger charge is 2.50. The lowest BCUT2D eigenvalue weighted by molar-refractivity contribution is -0.132. The van der Waals surface area contributed by atoms with Crippen LogP contribution in [0.15, 0.2) is 24.3 Å². The molecule has 0 aliphatic heterocycles. The molecule has 0 aromatic heterocycles. The Morgan fingerprint density at radius 2 is 1.37 bits per heavy atom. The van der Waals surface area contributed by atoms with Crippen molar-refractivity contribution in [3.05, 3.63) is 29.8 Å². The van der Waals surface area contributed by atoms with E-state index in [1.165, 1.54) is 0 Å². The minimum Gasteiger partial charge on any atom is -0.508 e. The third-order valence-electron chi connectivity index (χ3n) is 4.30. The second-order valence-corrected chi connectivity index (χ2v) is 7.43. The average Bonchev–Trinajstić information content (AvgIpc) is 2.25. The summed E-state index contributed by atoms with van der Waals surface area (Å²) < 4.78 is 0. The molecule has 1 aromatic carbocycles. The predicted molar refractivity (Wildman–Crippen MR) is 79.2 cm³/mol. The first kappa shape index (κ1) is 15.7. The van der Waals surface area contributed by atoms with Crippen LogP contribution in [-0.4, -0.2) is 11.4 Å². The van der Waals surface area contributed by atoms with Crippen molar-refractivity contribution in [3.8, 4) is 5.75 Å². The number of carbonyl (C=O) groups is 1. The van der Waals surface area contributed by atoms with E-state index >= 15 is 0 Å². The highest BCUT2D eigenvalue weighted by Crippen LogP contribution is 2.52. The monoisotopic (exact) mass is 262 g/mol. The Hall–Kier alpha value is -1.31. The quantitative estimate of drug-likeness (QED) is 0.828. The number of rotatable bonds is 3. The van der Waals surface area contributed by atoms with Crippen molar-refractivity contribution in [3.63, 3.8) is 0 Å². The minimum absolute atomic E-state index is 0.134. The second-order valence-electron chi connectivity index (χ2n) is 7.43. The van der Waals surface area contributed by atoms with Crippen LogP contribution >= 0.6 is 0 Å². The van der Waals surface area contributed by atoms with Gasteiger partial charge in [0, 0.05) is 5.41 Å². The third-order valence-corrected chi connectivity index (χ3v) is 4.30. The number of phenolic OH excluding ortho intramolecular Hbond substituents is 1. The maximum Gasteiger partial charge on any atom is 0.127 e. The molecule has 0 radical (unpaired) electrons. The fourth-order valence-electron chi connectivity index (χ4n) is 2.99. The van der Waals surface area contributed by atoms with Crippen molar-refractivity contribution >= 4 is 6.29 Å². The van der Waals surface area contributed by atoms with Crippen molar-refractivity contribution in [2.75, 3.05) is 0 Å². The number of benzene rings is 1. The summed E-state index contributed by atoms with van der Waals surface area (Å²) in [5, 5.41) is 9.36. The Labute approximate surface area is 116 Å². The van der Waals surface area contributed by atoms with Gasteiger partial charge in [0.2, 0.25) is 0 Å². The molecular formula is C17H26O2. The summed E-state index contributed by atoms with van der Waals surface area (Å²) in [6.07, 6.45) is 1.81. The van der Waals surface area contributed by atoms with Crippen molar-refractivity contribution in [2.45, 2.75) is 48.0 Å². The maximum absolute atomic E-state index is 11.9. The van der Waals surface area contributed by atoms with Crippen LogP contribution in [-0.2, 0) is 11.2 Å². The van der Waals surface area contributed by atoms with E-state index in [9.17, 15) is 9.90 Å². The highest BCUT2D eigenvalue weighted by molar-refractivity contribution is 5.63. The van der Waals surface area contributed by atoms with Crippen LogP contribution in [0.2, 0.25) is 0 Å². The molecular weight excluding hydrogens is 236 g/mol. The summed E-state index contributed by atoms with van der Waals surface area (Å²) in [4.78, 5) is 11.9. The fraction of sp³-hybridized carbons (Fsp3) is 0.588. The van der Waals surface area contributed by atoms with E-state index in [2.05, 4.69) is 41.5 Å². The molecule has 0 amide bonds. The number of carbonyl (C=O) groups excluding carboxylic acids is 1. The molecule has 2 nitrogen and oxygen atoms in total. The molecule has 1 N–H and O–H groups in total. The Bertz CT molecular complexity index is 416. The largest absolute Gasteiger partial charge is 0.508 e. The number of phenols is 1. The smallest absolute Gasteiger partial charge is 0.127 e. The van der Waals surface area contributed by atoms with Gasteiger partial charge in [-0.1, -0.05) is 53.7 Å². The maximum atomic E-state index is 11.9. The molecule has 0 atom stereocenters. The van der Waals surface area contributed by atoms with Crippen molar-refractivity contribution in [1.29, 1.82) is 0 Å². The first-order chi connectivity index (χ1) is 8.53. The molecule has 0 saturated carbocycles. The summed E-state index contributed by atoms with van der Waals surface area (Å²) >= 11 is 0. The van der Waals surface area contributed by atoms with Crippen LogP contribution in [0.4, 0.5) is 0 Å². The zero-order valence-corrected chi connectivity index (χ0v) is 12.9. The van der Waals surface area contributed by atoms with E-state index < -0.39 is 5.41 Å². The van der Waals surface area contributed by atoms with E-state index in [0.29, 0.717) is 6.42 Å². The van der Waals surface area contributed by atoms with E-state index in [4.69, 9.17) is 0 Å². The summed E-state index contributed by atoms with van der Waals surface area (Å²) in [6.45, 7) is 12.7. The molecule has 1 rings (SSSR count). The molecule has 0 aliphatic carbocycles. The van der Waals surface area contributed by atoms with Crippen LogP contribution in [0.5, 0.6) is 5.75 Å². The summed E-state index contributed by atoms with van der Waals surface area (Å²) in [7, 11) is 0. The van der Waals surface area contributed by atoms with Crippen LogP contribution in [0.25, 0.3) is 0 Å². The molecule has 0 aliphatic rings. The number of hydrogen-bond acceptors (Lipinski definition) is 2. The lowest BCUT2D eigenvalue weighted by Crippen LogP contribution is -2.49. The zero-order chi connectivity index (χ0) is 14.9. The van der Waals surface area contributed by atoms with Gasteiger partial charge >= 0.3 is 0 Å². The summed E-state index contributed by atoms with van der Waals surface area (Å²) in [5.74, 6) is 0.256. The van der Waals surface area contributed by atoms with Crippen LogP contribution in [0.3, 0.4) is 0 Å². The van der Waals surface area contributed by atoms with Gasteiger partial charge in [0.25, 0.3) is 0 Å². The van der Waals surface area contributed by atoms with E-state index in [-0.39, 0.29) is 16.6 Å². The molecule has 19 heavy (non-hydrogen) atoms. The predicted octanol–water partition coefficient (Wildman–Crippen LogP) is 4.21. The van der Waals surface area contributed by atoms with Crippen molar-refractivity contribution in [2.24, 2.45) is 16.2 Å². The Morgan fingerprint density at radius 1 is 0.947 bits per heavy atom. The molecule has 0 saturated heterocycles. The van der Waals surface area contributed by atoms with Gasteiger partial charge in [0.15, 0.2) is 0 Å². The standard InChI is InChI=1S/C17H26O2/c1-15(2,3)17(12-18,16(4,5)6)11-13-7-9-14(19)10-8-13/h7-10,12,19H,11H2,1-6H3. The third kappa shape index (κ3) is 2.99. The molecule has 0 bridgehead atoms. The molecule has 2 heteroatoms. The van der Waals surface area contributed by atoms with Gasteiger partial charge in [0.05, 0.1) is 0 Å². The average molecular weight is 262 g/mol. The van der Waals surface area contributed by atoms with E-state index in [1.54, 1.807) is 12.1 Å². The normalized spacial score (nSPS) is 13.4. The van der Waals surface area contributed by atoms with Gasteiger partial charge in [0.1, 0.15) is 12.0 Å². The lowest BCUT2D eigenvalue weighted by Gasteiger charge is -2.50.